The van der Waals surface area contributed by atoms with Crippen molar-refractivity contribution in [3.05, 3.63) is 10.6 Å². The molecule has 1 heterocycles. The predicted molar refractivity (Wildman–Crippen MR) is 63.5 cm³/mol. The maximum absolute atomic E-state index is 5.62. The quantitative estimate of drug-likeness (QED) is 0.615. The molecule has 0 saturated heterocycles. The smallest absolute Gasteiger partial charge is 0.0829 e. The van der Waals surface area contributed by atoms with Gasteiger partial charge in [0.1, 0.15) is 0 Å². The fraction of sp³-hybridized carbons (Fsp3) is 0.800. The van der Waals surface area contributed by atoms with Crippen molar-refractivity contribution in [1.82, 2.24) is 15.0 Å². The number of hydrogen-bond acceptors (Lipinski definition) is 5. The van der Waals surface area contributed by atoms with E-state index in [0.29, 0.717) is 5.92 Å². The minimum atomic E-state index is 0.0621. The largest absolute Gasteiger partial charge is 0.271 e. The Labute approximate surface area is 95.4 Å². The third kappa shape index (κ3) is 2.74. The molecule has 0 spiro atoms. The van der Waals surface area contributed by atoms with E-state index in [1.165, 1.54) is 11.5 Å². The van der Waals surface area contributed by atoms with Gasteiger partial charge in [0.15, 0.2) is 0 Å². The molecule has 15 heavy (non-hydrogen) atoms. The Kier molecular flexibility index (Phi) is 3.81. The van der Waals surface area contributed by atoms with Gasteiger partial charge >= 0.3 is 0 Å². The van der Waals surface area contributed by atoms with Gasteiger partial charge in [-0.3, -0.25) is 11.3 Å². The summed E-state index contributed by atoms with van der Waals surface area (Å²) in [5.41, 5.74) is 3.99. The lowest BCUT2D eigenvalue weighted by atomic mass is 9.85. The van der Waals surface area contributed by atoms with E-state index >= 15 is 0 Å². The van der Waals surface area contributed by atoms with Gasteiger partial charge in [0.05, 0.1) is 16.6 Å². The molecule has 3 N–H and O–H groups in total. The number of nitrogens with two attached hydrogens (primary N) is 1. The maximum Gasteiger partial charge on any atom is 0.0829 e. The lowest BCUT2D eigenvalue weighted by molar-refractivity contribution is 0.277. The highest BCUT2D eigenvalue weighted by atomic mass is 32.1. The molecule has 1 aromatic rings. The molecule has 0 bridgehead atoms. The maximum atomic E-state index is 5.62. The average Bonchev–Trinajstić information content (AvgIpc) is 2.51. The summed E-state index contributed by atoms with van der Waals surface area (Å²) in [6, 6.07) is 0.106. The van der Waals surface area contributed by atoms with Crippen LogP contribution in [0, 0.1) is 5.41 Å². The van der Waals surface area contributed by atoms with Gasteiger partial charge in [-0.2, -0.15) is 0 Å². The molecule has 0 aliphatic carbocycles. The van der Waals surface area contributed by atoms with E-state index in [1.54, 1.807) is 0 Å². The summed E-state index contributed by atoms with van der Waals surface area (Å²) in [7, 11) is 0. The van der Waals surface area contributed by atoms with E-state index in [0.717, 1.165) is 10.6 Å². The first kappa shape index (κ1) is 12.5. The van der Waals surface area contributed by atoms with E-state index in [2.05, 4.69) is 49.6 Å². The zero-order valence-corrected chi connectivity index (χ0v) is 10.9. The van der Waals surface area contributed by atoms with Crippen LogP contribution in [0.2, 0.25) is 0 Å². The highest BCUT2D eigenvalue weighted by Gasteiger charge is 2.30. The normalized spacial score (nSPS) is 14.6. The summed E-state index contributed by atoms with van der Waals surface area (Å²) in [6.07, 6.45) is 0. The fourth-order valence-corrected chi connectivity index (χ4v) is 2.64. The minimum absolute atomic E-state index is 0.0621. The van der Waals surface area contributed by atoms with E-state index in [1.807, 2.05) is 0 Å². The monoisotopic (exact) mass is 228 g/mol. The molecule has 1 atom stereocenters. The van der Waals surface area contributed by atoms with Crippen LogP contribution in [-0.2, 0) is 0 Å². The molecule has 86 valence electrons. The Morgan fingerprint density at radius 1 is 1.33 bits per heavy atom. The lowest BCUT2D eigenvalue weighted by Crippen LogP contribution is -2.37. The summed E-state index contributed by atoms with van der Waals surface area (Å²) < 4.78 is 4.02. The van der Waals surface area contributed by atoms with Crippen molar-refractivity contribution >= 4 is 11.5 Å². The number of nitrogens with zero attached hydrogens (tertiary/aromatic N) is 2. The van der Waals surface area contributed by atoms with Gasteiger partial charge in [-0.25, -0.2) is 0 Å². The van der Waals surface area contributed by atoms with Crippen LogP contribution in [0.15, 0.2) is 0 Å². The van der Waals surface area contributed by atoms with Crippen LogP contribution >= 0.6 is 11.5 Å². The molecule has 1 unspecified atom stereocenters. The Bertz CT molecular complexity index is 313. The molecule has 0 aromatic carbocycles. The molecule has 0 aliphatic rings. The topological polar surface area (TPSA) is 63.8 Å². The standard InChI is InChI=1S/C10H20N4S/c1-6(2)7-8(15-14-13-7)9(12-11)10(3,4)5/h6,9,12H,11H2,1-5H3. The average molecular weight is 228 g/mol. The molecule has 1 rings (SSSR count). The fourth-order valence-electron chi connectivity index (χ4n) is 1.52. The molecule has 0 aliphatic heterocycles. The van der Waals surface area contributed by atoms with Crippen molar-refractivity contribution < 1.29 is 0 Å². The Morgan fingerprint density at radius 3 is 2.33 bits per heavy atom. The zero-order chi connectivity index (χ0) is 11.6. The van der Waals surface area contributed by atoms with E-state index in [9.17, 15) is 0 Å². The van der Waals surface area contributed by atoms with Gasteiger partial charge < -0.3 is 0 Å². The third-order valence-electron chi connectivity index (χ3n) is 2.38. The van der Waals surface area contributed by atoms with Crippen LogP contribution < -0.4 is 11.3 Å². The van der Waals surface area contributed by atoms with Crippen molar-refractivity contribution in [2.24, 2.45) is 11.3 Å². The van der Waals surface area contributed by atoms with Crippen molar-refractivity contribution in [3.63, 3.8) is 0 Å². The molecule has 0 saturated carbocycles. The molecule has 1 aromatic heterocycles. The Balaban J connectivity index is 3.07. The first-order valence-corrected chi connectivity index (χ1v) is 5.93. The number of nitrogens with one attached hydrogen (secondary N) is 1. The van der Waals surface area contributed by atoms with Gasteiger partial charge in [0.2, 0.25) is 0 Å². The first-order chi connectivity index (χ1) is 6.88. The molecular formula is C10H20N4S. The number of hydrogen-bond donors (Lipinski definition) is 2. The van der Waals surface area contributed by atoms with Crippen LogP contribution in [0.5, 0.6) is 0 Å². The number of aromatic nitrogens is 2. The second-order valence-electron chi connectivity index (χ2n) is 5.14. The van der Waals surface area contributed by atoms with E-state index in [4.69, 9.17) is 5.84 Å². The van der Waals surface area contributed by atoms with Crippen molar-refractivity contribution in [2.75, 3.05) is 0 Å². The molecule has 0 amide bonds. The number of rotatable bonds is 3. The SMILES string of the molecule is CC(C)c1nnsc1C(NN)C(C)(C)C. The number of hydrazine groups is 1. The van der Waals surface area contributed by atoms with E-state index in [-0.39, 0.29) is 11.5 Å². The summed E-state index contributed by atoms with van der Waals surface area (Å²) in [4.78, 5) is 1.15. The Morgan fingerprint density at radius 2 is 1.93 bits per heavy atom. The van der Waals surface area contributed by atoms with Gasteiger partial charge in [-0.05, 0) is 22.9 Å². The summed E-state index contributed by atoms with van der Waals surface area (Å²) in [6.45, 7) is 10.7. The zero-order valence-electron chi connectivity index (χ0n) is 10.0. The molecule has 4 nitrogen and oxygen atoms in total. The van der Waals surface area contributed by atoms with E-state index < -0.39 is 0 Å². The van der Waals surface area contributed by atoms with Crippen LogP contribution in [0.3, 0.4) is 0 Å². The lowest BCUT2D eigenvalue weighted by Gasteiger charge is -2.29. The van der Waals surface area contributed by atoms with Crippen molar-refractivity contribution in [3.8, 4) is 0 Å². The molecule has 5 heteroatoms. The van der Waals surface area contributed by atoms with Gasteiger partial charge in [0.25, 0.3) is 0 Å². The van der Waals surface area contributed by atoms with Crippen molar-refractivity contribution in [2.45, 2.75) is 46.6 Å². The summed E-state index contributed by atoms with van der Waals surface area (Å²) in [5, 5.41) is 4.17. The second kappa shape index (κ2) is 4.55. The predicted octanol–water partition coefficient (Wildman–Crippen LogP) is 2.21. The summed E-state index contributed by atoms with van der Waals surface area (Å²) >= 11 is 1.43. The molecule has 0 fully saturated rings. The van der Waals surface area contributed by atoms with Gasteiger partial charge in [-0.15, -0.1) is 5.10 Å². The third-order valence-corrected chi connectivity index (χ3v) is 3.19. The first-order valence-electron chi connectivity index (χ1n) is 5.16. The molecule has 0 radical (unpaired) electrons. The second-order valence-corrected chi connectivity index (χ2v) is 5.93. The highest BCUT2D eigenvalue weighted by molar-refractivity contribution is 7.05. The molecular weight excluding hydrogens is 208 g/mol. The van der Waals surface area contributed by atoms with Crippen LogP contribution in [0.1, 0.15) is 57.1 Å². The van der Waals surface area contributed by atoms with Crippen LogP contribution in [-0.4, -0.2) is 9.59 Å². The summed E-state index contributed by atoms with van der Waals surface area (Å²) in [5.74, 6) is 6.01. The van der Waals surface area contributed by atoms with Crippen molar-refractivity contribution in [1.29, 1.82) is 0 Å². The van der Waals surface area contributed by atoms with Crippen LogP contribution in [0.4, 0.5) is 0 Å². The van der Waals surface area contributed by atoms with Gasteiger partial charge in [0, 0.05) is 0 Å². The minimum Gasteiger partial charge on any atom is -0.271 e. The van der Waals surface area contributed by atoms with Gasteiger partial charge in [-0.1, -0.05) is 39.1 Å². The highest BCUT2D eigenvalue weighted by Crippen LogP contribution is 2.36. The van der Waals surface area contributed by atoms with Crippen LogP contribution in [0.25, 0.3) is 0 Å². The Hall–Kier alpha value is -0.520.